The molecule has 7 heteroatoms. The van der Waals surface area contributed by atoms with Crippen LogP contribution in [0.4, 0.5) is 0 Å². The maximum absolute atomic E-state index is 12.7. The second kappa shape index (κ2) is 6.62. The van der Waals surface area contributed by atoms with Crippen LogP contribution in [0.2, 0.25) is 5.02 Å². The molecule has 21 heavy (non-hydrogen) atoms. The molecule has 1 aromatic rings. The number of halogens is 1. The predicted octanol–water partition coefficient (Wildman–Crippen LogP) is 1.51. The fourth-order valence-corrected chi connectivity index (χ4v) is 4.43. The summed E-state index contributed by atoms with van der Waals surface area (Å²) in [6.07, 6.45) is 1.89. The standard InChI is InChI=1S/C14H22ClN3O2S/c1-17(2)12-4-3-7-18(10-12)21(19,20)13-6-5-11(9-16)14(15)8-13/h5-6,8,12H,3-4,7,9-10,16H2,1-2H3. The first-order valence-electron chi connectivity index (χ1n) is 7.01. The summed E-state index contributed by atoms with van der Waals surface area (Å²) in [4.78, 5) is 2.32. The summed E-state index contributed by atoms with van der Waals surface area (Å²) < 4.78 is 27.0. The van der Waals surface area contributed by atoms with Crippen LogP contribution in [-0.2, 0) is 16.6 Å². The molecule has 1 heterocycles. The van der Waals surface area contributed by atoms with Crippen molar-refractivity contribution in [2.45, 2.75) is 30.3 Å². The normalized spacial score (nSPS) is 20.9. The fraction of sp³-hybridized carbons (Fsp3) is 0.571. The van der Waals surface area contributed by atoms with Crippen LogP contribution in [0, 0.1) is 0 Å². The van der Waals surface area contributed by atoms with Crippen LogP contribution in [0.25, 0.3) is 0 Å². The number of likely N-dealkylation sites (N-methyl/N-ethyl adjacent to an activating group) is 1. The van der Waals surface area contributed by atoms with Gasteiger partial charge in [0, 0.05) is 30.7 Å². The number of sulfonamides is 1. The lowest BCUT2D eigenvalue weighted by Crippen LogP contribution is -2.47. The van der Waals surface area contributed by atoms with Crippen molar-refractivity contribution in [2.75, 3.05) is 27.2 Å². The fourth-order valence-electron chi connectivity index (χ4n) is 2.56. The molecule has 2 rings (SSSR count). The third kappa shape index (κ3) is 3.57. The lowest BCUT2D eigenvalue weighted by atomic mass is 10.1. The number of benzene rings is 1. The van der Waals surface area contributed by atoms with Crippen LogP contribution in [0.5, 0.6) is 0 Å². The minimum absolute atomic E-state index is 0.240. The van der Waals surface area contributed by atoms with Gasteiger partial charge in [-0.15, -0.1) is 0 Å². The first kappa shape index (κ1) is 16.7. The van der Waals surface area contributed by atoms with E-state index in [4.69, 9.17) is 17.3 Å². The Morgan fingerprint density at radius 1 is 1.43 bits per heavy atom. The monoisotopic (exact) mass is 331 g/mol. The third-order valence-electron chi connectivity index (χ3n) is 3.97. The molecule has 0 saturated carbocycles. The summed E-state index contributed by atoms with van der Waals surface area (Å²) in [5.41, 5.74) is 6.30. The van der Waals surface area contributed by atoms with Crippen LogP contribution in [0.1, 0.15) is 18.4 Å². The average molecular weight is 332 g/mol. The van der Waals surface area contributed by atoms with E-state index in [1.807, 2.05) is 14.1 Å². The van der Waals surface area contributed by atoms with Crippen LogP contribution >= 0.6 is 11.6 Å². The van der Waals surface area contributed by atoms with E-state index >= 15 is 0 Å². The van der Waals surface area contributed by atoms with Gasteiger partial charge in [0.2, 0.25) is 10.0 Å². The summed E-state index contributed by atoms with van der Waals surface area (Å²) in [6, 6.07) is 5.02. The van der Waals surface area contributed by atoms with Gasteiger partial charge >= 0.3 is 0 Å². The van der Waals surface area contributed by atoms with Crippen LogP contribution < -0.4 is 5.73 Å². The molecule has 0 radical (unpaired) electrons. The molecule has 1 aromatic carbocycles. The van der Waals surface area contributed by atoms with Gasteiger partial charge < -0.3 is 10.6 Å². The highest BCUT2D eigenvalue weighted by atomic mass is 35.5. The zero-order valence-corrected chi connectivity index (χ0v) is 14.0. The zero-order chi connectivity index (χ0) is 15.6. The lowest BCUT2D eigenvalue weighted by molar-refractivity contribution is 0.190. The first-order valence-corrected chi connectivity index (χ1v) is 8.83. The van der Waals surface area contributed by atoms with Gasteiger partial charge in [-0.25, -0.2) is 8.42 Å². The maximum atomic E-state index is 12.7. The molecule has 118 valence electrons. The molecule has 1 saturated heterocycles. The van der Waals surface area contributed by atoms with E-state index in [0.717, 1.165) is 18.4 Å². The SMILES string of the molecule is CN(C)C1CCCN(S(=O)(=O)c2ccc(CN)c(Cl)c2)C1. The number of hydrogen-bond donors (Lipinski definition) is 1. The summed E-state index contributed by atoms with van der Waals surface area (Å²) in [7, 11) is 0.465. The van der Waals surface area contributed by atoms with Gasteiger partial charge in [-0.05, 0) is 44.6 Å². The largest absolute Gasteiger partial charge is 0.326 e. The number of piperidine rings is 1. The molecule has 0 aliphatic carbocycles. The lowest BCUT2D eigenvalue weighted by Gasteiger charge is -2.35. The summed E-state index contributed by atoms with van der Waals surface area (Å²) >= 11 is 6.08. The van der Waals surface area contributed by atoms with Crippen LogP contribution in [-0.4, -0.2) is 50.8 Å². The summed E-state index contributed by atoms with van der Waals surface area (Å²) in [6.45, 7) is 1.38. The molecule has 0 bridgehead atoms. The molecule has 1 aliphatic rings. The predicted molar refractivity (Wildman–Crippen MR) is 84.8 cm³/mol. The van der Waals surface area contributed by atoms with Gasteiger partial charge in [-0.3, -0.25) is 0 Å². The molecule has 1 atom stereocenters. The van der Waals surface area contributed by atoms with Gasteiger partial charge in [0.05, 0.1) is 4.90 Å². The van der Waals surface area contributed by atoms with Gasteiger partial charge in [-0.1, -0.05) is 17.7 Å². The highest BCUT2D eigenvalue weighted by Crippen LogP contribution is 2.26. The second-order valence-electron chi connectivity index (χ2n) is 5.58. The van der Waals surface area contributed by atoms with Gasteiger partial charge in [-0.2, -0.15) is 4.31 Å². The molecule has 1 aliphatic heterocycles. The average Bonchev–Trinajstić information content (AvgIpc) is 2.47. The molecule has 0 aromatic heterocycles. The molecule has 2 N–H and O–H groups in total. The Morgan fingerprint density at radius 2 is 2.14 bits per heavy atom. The molecule has 0 amide bonds. The van der Waals surface area contributed by atoms with E-state index in [2.05, 4.69) is 4.90 Å². The minimum Gasteiger partial charge on any atom is -0.326 e. The number of nitrogens with zero attached hydrogens (tertiary/aromatic N) is 2. The maximum Gasteiger partial charge on any atom is 0.243 e. The minimum atomic E-state index is -3.49. The molecular formula is C14H22ClN3O2S. The van der Waals surface area contributed by atoms with Gasteiger partial charge in [0.25, 0.3) is 0 Å². The topological polar surface area (TPSA) is 66.6 Å². The van der Waals surface area contributed by atoms with Crippen molar-refractivity contribution in [1.29, 1.82) is 0 Å². The summed E-state index contributed by atoms with van der Waals surface area (Å²) in [5, 5.41) is 0.403. The van der Waals surface area contributed by atoms with Crippen molar-refractivity contribution in [2.24, 2.45) is 5.73 Å². The van der Waals surface area contributed by atoms with Crippen LogP contribution in [0.3, 0.4) is 0 Å². The third-order valence-corrected chi connectivity index (χ3v) is 6.18. The first-order chi connectivity index (χ1) is 9.86. The van der Waals surface area contributed by atoms with Crippen LogP contribution in [0.15, 0.2) is 23.1 Å². The Balaban J connectivity index is 2.27. The van der Waals surface area contributed by atoms with Crippen molar-refractivity contribution < 1.29 is 8.42 Å². The van der Waals surface area contributed by atoms with Crippen molar-refractivity contribution in [1.82, 2.24) is 9.21 Å². The van der Waals surface area contributed by atoms with Crippen molar-refractivity contribution in [3.05, 3.63) is 28.8 Å². The Labute approximate surface area is 131 Å². The van der Waals surface area contributed by atoms with E-state index < -0.39 is 10.0 Å². The molecule has 1 fully saturated rings. The smallest absolute Gasteiger partial charge is 0.243 e. The second-order valence-corrected chi connectivity index (χ2v) is 7.93. The number of hydrogen-bond acceptors (Lipinski definition) is 4. The Kier molecular flexibility index (Phi) is 5.27. The van der Waals surface area contributed by atoms with E-state index in [1.54, 1.807) is 16.4 Å². The quantitative estimate of drug-likeness (QED) is 0.908. The molecule has 5 nitrogen and oxygen atoms in total. The highest BCUT2D eigenvalue weighted by molar-refractivity contribution is 7.89. The Hall–Kier alpha value is -0.660. The van der Waals surface area contributed by atoms with Gasteiger partial charge in [0.15, 0.2) is 0 Å². The van der Waals surface area contributed by atoms with E-state index in [9.17, 15) is 8.42 Å². The number of rotatable bonds is 4. The highest BCUT2D eigenvalue weighted by Gasteiger charge is 2.31. The summed E-state index contributed by atoms with van der Waals surface area (Å²) in [5.74, 6) is 0. The Bertz CT molecular complexity index is 604. The van der Waals surface area contributed by atoms with Crippen molar-refractivity contribution in [3.8, 4) is 0 Å². The van der Waals surface area contributed by atoms with E-state index in [0.29, 0.717) is 24.7 Å². The van der Waals surface area contributed by atoms with Crippen molar-refractivity contribution >= 4 is 21.6 Å². The van der Waals surface area contributed by atoms with E-state index in [-0.39, 0.29) is 10.9 Å². The molecule has 1 unspecified atom stereocenters. The Morgan fingerprint density at radius 3 is 2.71 bits per heavy atom. The molecular weight excluding hydrogens is 310 g/mol. The molecule has 0 spiro atoms. The van der Waals surface area contributed by atoms with Crippen molar-refractivity contribution in [3.63, 3.8) is 0 Å². The number of nitrogens with two attached hydrogens (primary N) is 1. The van der Waals surface area contributed by atoms with Gasteiger partial charge in [0.1, 0.15) is 0 Å². The zero-order valence-electron chi connectivity index (χ0n) is 12.4. The van der Waals surface area contributed by atoms with E-state index in [1.165, 1.54) is 6.07 Å².